The molecule has 0 aromatic heterocycles. The van der Waals surface area contributed by atoms with E-state index in [1.807, 2.05) is 0 Å². The molecular formula is C15H29N2Se. The van der Waals surface area contributed by atoms with E-state index in [0.29, 0.717) is 4.73 Å². The summed E-state index contributed by atoms with van der Waals surface area (Å²) in [5.41, 5.74) is 6.02. The molecule has 1 aliphatic carbocycles. The van der Waals surface area contributed by atoms with Crippen molar-refractivity contribution in [2.75, 3.05) is 0 Å². The first kappa shape index (κ1) is 16.0. The van der Waals surface area contributed by atoms with Crippen LogP contribution in [-0.2, 0) is 0 Å². The van der Waals surface area contributed by atoms with Gasteiger partial charge in [-0.3, -0.25) is 0 Å². The number of nitrogens with two attached hydrogens (primary N) is 1. The fourth-order valence-electron chi connectivity index (χ4n) is 3.39. The maximum absolute atomic E-state index is 5.87. The third-order valence-electron chi connectivity index (χ3n) is 4.37. The third-order valence-corrected chi connectivity index (χ3v) is 4.57. The fourth-order valence-corrected chi connectivity index (χ4v) is 3.77. The van der Waals surface area contributed by atoms with Crippen molar-refractivity contribution >= 4 is 20.7 Å². The maximum atomic E-state index is 5.87. The molecular weight excluding hydrogens is 287 g/mol. The van der Waals surface area contributed by atoms with Crippen LogP contribution in [0.1, 0.15) is 78.1 Å². The van der Waals surface area contributed by atoms with Crippen molar-refractivity contribution in [3.05, 3.63) is 0 Å². The summed E-state index contributed by atoms with van der Waals surface area (Å²) in [6, 6.07) is 0. The quantitative estimate of drug-likeness (QED) is 0.433. The van der Waals surface area contributed by atoms with Gasteiger partial charge in [0.2, 0.25) is 0 Å². The Morgan fingerprint density at radius 3 is 2.61 bits per heavy atom. The molecule has 1 radical (unpaired) electrons. The Kier molecular flexibility index (Phi) is 7.33. The van der Waals surface area contributed by atoms with Crippen LogP contribution in [0, 0.1) is 5.92 Å². The summed E-state index contributed by atoms with van der Waals surface area (Å²) in [5, 5.41) is 0. The molecule has 0 spiro atoms. The van der Waals surface area contributed by atoms with Crippen LogP contribution in [0.4, 0.5) is 0 Å². The number of nitrogens with zero attached hydrogens (tertiary/aromatic N) is 1. The van der Waals surface area contributed by atoms with Gasteiger partial charge in [0, 0.05) is 0 Å². The molecule has 3 heteroatoms. The van der Waals surface area contributed by atoms with Crippen molar-refractivity contribution in [2.45, 2.75) is 83.6 Å². The molecule has 1 aliphatic rings. The van der Waals surface area contributed by atoms with Gasteiger partial charge in [0.1, 0.15) is 0 Å². The predicted molar refractivity (Wildman–Crippen MR) is 81.1 cm³/mol. The Hall–Kier alpha value is -0.0105. The zero-order valence-corrected chi connectivity index (χ0v) is 13.8. The van der Waals surface area contributed by atoms with E-state index in [1.54, 1.807) is 0 Å². The van der Waals surface area contributed by atoms with E-state index in [-0.39, 0.29) is 5.54 Å². The molecule has 0 aromatic carbocycles. The van der Waals surface area contributed by atoms with Crippen LogP contribution in [0.2, 0.25) is 0 Å². The molecule has 2 N–H and O–H groups in total. The second-order valence-electron chi connectivity index (χ2n) is 5.74. The van der Waals surface area contributed by atoms with Crippen molar-refractivity contribution in [2.24, 2.45) is 16.6 Å². The molecule has 2 nitrogen and oxygen atoms in total. The van der Waals surface area contributed by atoms with E-state index in [9.17, 15) is 0 Å². The van der Waals surface area contributed by atoms with E-state index in [2.05, 4.69) is 29.9 Å². The topological polar surface area (TPSA) is 38.4 Å². The Balaban J connectivity index is 2.82. The van der Waals surface area contributed by atoms with Crippen LogP contribution in [0.25, 0.3) is 0 Å². The van der Waals surface area contributed by atoms with Gasteiger partial charge in [0.25, 0.3) is 0 Å². The van der Waals surface area contributed by atoms with Gasteiger partial charge in [-0.25, -0.2) is 0 Å². The Morgan fingerprint density at radius 1 is 1.28 bits per heavy atom. The summed E-state index contributed by atoms with van der Waals surface area (Å²) in [4.78, 5) is 4.88. The molecule has 2 atom stereocenters. The Bertz CT molecular complexity index is 261. The van der Waals surface area contributed by atoms with Gasteiger partial charge < -0.3 is 0 Å². The average Bonchev–Trinajstić information content (AvgIpc) is 2.35. The minimum atomic E-state index is 0.152. The van der Waals surface area contributed by atoms with Gasteiger partial charge in [0.15, 0.2) is 0 Å². The predicted octanol–water partition coefficient (Wildman–Crippen LogP) is 3.78. The molecule has 105 valence electrons. The molecule has 0 saturated heterocycles. The van der Waals surface area contributed by atoms with E-state index in [0.717, 1.165) is 5.92 Å². The number of amidine groups is 1. The van der Waals surface area contributed by atoms with Crippen LogP contribution >= 0.6 is 0 Å². The number of hydrogen-bond acceptors (Lipinski definition) is 1. The van der Waals surface area contributed by atoms with Crippen LogP contribution in [0.5, 0.6) is 0 Å². The SMILES string of the molecule is CCCCC1CCCCC1(CCCC)N=C(N)[Se]. The Labute approximate surface area is 121 Å². The summed E-state index contributed by atoms with van der Waals surface area (Å²) >= 11 is 2.89. The average molecular weight is 316 g/mol. The monoisotopic (exact) mass is 317 g/mol. The van der Waals surface area contributed by atoms with Crippen molar-refractivity contribution < 1.29 is 0 Å². The number of rotatable bonds is 7. The first-order valence-electron chi connectivity index (χ1n) is 7.67. The van der Waals surface area contributed by atoms with Gasteiger partial charge in [-0.15, -0.1) is 0 Å². The summed E-state index contributed by atoms with van der Waals surface area (Å²) in [7, 11) is 0. The number of unbranched alkanes of at least 4 members (excludes halogenated alkanes) is 2. The van der Waals surface area contributed by atoms with E-state index in [1.165, 1.54) is 64.2 Å². The summed E-state index contributed by atoms with van der Waals surface area (Å²) in [6.07, 6.45) is 13.0. The van der Waals surface area contributed by atoms with Gasteiger partial charge >= 0.3 is 121 Å². The first-order chi connectivity index (χ1) is 8.64. The first-order valence-corrected chi connectivity index (χ1v) is 8.52. The second-order valence-corrected chi connectivity index (χ2v) is 6.62. The van der Waals surface area contributed by atoms with Gasteiger partial charge in [-0.1, -0.05) is 0 Å². The standard InChI is InChI=1S/C15H29N2Se/c1-3-5-9-13-10-7-8-12-15(13,11-6-4-2)17-14(16)18/h13H,3-12H2,1-2H3,(H2,16,17). The molecule has 0 aromatic rings. The van der Waals surface area contributed by atoms with Crippen molar-refractivity contribution in [1.82, 2.24) is 0 Å². The molecule has 18 heavy (non-hydrogen) atoms. The number of aliphatic imine (C=N–C) groups is 1. The zero-order valence-electron chi connectivity index (χ0n) is 12.1. The fraction of sp³-hybridized carbons (Fsp3) is 0.933. The third kappa shape index (κ3) is 4.59. The second kappa shape index (κ2) is 8.22. The van der Waals surface area contributed by atoms with Crippen LogP contribution < -0.4 is 5.73 Å². The van der Waals surface area contributed by atoms with Gasteiger partial charge in [0.05, 0.1) is 0 Å². The molecule has 0 bridgehead atoms. The molecule has 0 heterocycles. The van der Waals surface area contributed by atoms with Crippen LogP contribution in [0.3, 0.4) is 0 Å². The zero-order chi connectivity index (χ0) is 13.4. The van der Waals surface area contributed by atoms with Crippen molar-refractivity contribution in [1.29, 1.82) is 0 Å². The normalized spacial score (nSPS) is 29.4. The van der Waals surface area contributed by atoms with Gasteiger partial charge in [-0.2, -0.15) is 0 Å². The van der Waals surface area contributed by atoms with E-state index >= 15 is 0 Å². The summed E-state index contributed by atoms with van der Waals surface area (Å²) < 4.78 is 0.662. The minimum absolute atomic E-state index is 0.152. The summed E-state index contributed by atoms with van der Waals surface area (Å²) in [5.74, 6) is 0.754. The molecule has 1 rings (SSSR count). The Morgan fingerprint density at radius 2 is 2.00 bits per heavy atom. The molecule has 1 fully saturated rings. The van der Waals surface area contributed by atoms with Crippen LogP contribution in [-0.4, -0.2) is 26.3 Å². The molecule has 1 saturated carbocycles. The summed E-state index contributed by atoms with van der Waals surface area (Å²) in [6.45, 7) is 4.55. The van der Waals surface area contributed by atoms with Crippen LogP contribution in [0.15, 0.2) is 4.99 Å². The van der Waals surface area contributed by atoms with E-state index < -0.39 is 0 Å². The molecule has 0 amide bonds. The number of hydrogen-bond donors (Lipinski definition) is 1. The molecule has 2 unspecified atom stereocenters. The van der Waals surface area contributed by atoms with Gasteiger partial charge in [-0.05, 0) is 0 Å². The van der Waals surface area contributed by atoms with E-state index in [4.69, 9.17) is 10.7 Å². The molecule has 0 aliphatic heterocycles. The van der Waals surface area contributed by atoms with Crippen molar-refractivity contribution in [3.8, 4) is 0 Å². The van der Waals surface area contributed by atoms with Crippen molar-refractivity contribution in [3.63, 3.8) is 0 Å².